The van der Waals surface area contributed by atoms with Crippen LogP contribution in [0.3, 0.4) is 0 Å². The molecule has 0 spiro atoms. The van der Waals surface area contributed by atoms with Gasteiger partial charge in [-0.15, -0.1) is 0 Å². The first kappa shape index (κ1) is 11.3. The molecule has 1 rings (SSSR count). The Morgan fingerprint density at radius 3 is 2.71 bits per heavy atom. The summed E-state index contributed by atoms with van der Waals surface area (Å²) in [5.41, 5.74) is 0.779. The highest BCUT2D eigenvalue weighted by Crippen LogP contribution is 2.29. The van der Waals surface area contributed by atoms with Crippen LogP contribution in [-0.2, 0) is 4.79 Å². The van der Waals surface area contributed by atoms with E-state index in [2.05, 4.69) is 0 Å². The molecule has 1 unspecified atom stereocenters. The van der Waals surface area contributed by atoms with E-state index in [1.54, 1.807) is 18.2 Å². The molecule has 0 amide bonds. The summed E-state index contributed by atoms with van der Waals surface area (Å²) in [5.74, 6) is -0.966. The van der Waals surface area contributed by atoms with Gasteiger partial charge in [0, 0.05) is 10.0 Å². The molecule has 0 radical (unpaired) electrons. The van der Waals surface area contributed by atoms with Gasteiger partial charge in [0.25, 0.3) is 0 Å². The Balaban J connectivity index is 2.93. The molecule has 0 heterocycles. The summed E-state index contributed by atoms with van der Waals surface area (Å²) in [6.45, 7) is 1.81. The van der Waals surface area contributed by atoms with E-state index in [0.29, 0.717) is 10.0 Å². The molecule has 0 aliphatic carbocycles. The zero-order valence-corrected chi connectivity index (χ0v) is 9.14. The number of hydrogen-bond donors (Lipinski definition) is 1. The van der Waals surface area contributed by atoms with E-state index >= 15 is 0 Å². The highest BCUT2D eigenvalue weighted by atomic mass is 35.5. The minimum atomic E-state index is -0.839. The van der Waals surface area contributed by atoms with E-state index in [1.165, 1.54) is 0 Å². The molecule has 4 heteroatoms. The Labute approximate surface area is 92.5 Å². The Morgan fingerprint density at radius 2 is 2.14 bits per heavy atom. The second-order valence-electron chi connectivity index (χ2n) is 3.16. The van der Waals surface area contributed by atoms with Crippen molar-refractivity contribution in [2.45, 2.75) is 19.3 Å². The summed E-state index contributed by atoms with van der Waals surface area (Å²) < 4.78 is 0. The van der Waals surface area contributed by atoms with Gasteiger partial charge < -0.3 is 5.11 Å². The Kier molecular flexibility index (Phi) is 3.78. The Bertz CT molecular complexity index is 350. The topological polar surface area (TPSA) is 37.3 Å². The predicted octanol–water partition coefficient (Wildman–Crippen LogP) is 3.57. The van der Waals surface area contributed by atoms with Crippen LogP contribution < -0.4 is 0 Å². The number of hydrogen-bond acceptors (Lipinski definition) is 1. The normalized spacial score (nSPS) is 12.5. The van der Waals surface area contributed by atoms with Crippen LogP contribution >= 0.6 is 23.2 Å². The zero-order valence-electron chi connectivity index (χ0n) is 7.63. The monoisotopic (exact) mass is 232 g/mol. The van der Waals surface area contributed by atoms with Gasteiger partial charge in [-0.2, -0.15) is 0 Å². The molecule has 0 aromatic heterocycles. The lowest BCUT2D eigenvalue weighted by atomic mass is 9.98. The molecule has 0 aliphatic rings. The van der Waals surface area contributed by atoms with E-state index in [0.717, 1.165) is 5.56 Å². The first-order valence-electron chi connectivity index (χ1n) is 4.17. The molecule has 0 aliphatic heterocycles. The Morgan fingerprint density at radius 1 is 1.50 bits per heavy atom. The third-order valence-electron chi connectivity index (χ3n) is 1.97. The van der Waals surface area contributed by atoms with E-state index in [4.69, 9.17) is 28.3 Å². The van der Waals surface area contributed by atoms with Crippen molar-refractivity contribution in [1.82, 2.24) is 0 Å². The first-order valence-corrected chi connectivity index (χ1v) is 4.93. The minimum Gasteiger partial charge on any atom is -0.481 e. The number of benzene rings is 1. The summed E-state index contributed by atoms with van der Waals surface area (Å²) in [6, 6.07) is 5.07. The van der Waals surface area contributed by atoms with Gasteiger partial charge in [0.2, 0.25) is 0 Å². The van der Waals surface area contributed by atoms with Gasteiger partial charge in [-0.1, -0.05) is 30.1 Å². The molecular formula is C10H10Cl2O2. The maximum atomic E-state index is 10.5. The van der Waals surface area contributed by atoms with Crippen molar-refractivity contribution < 1.29 is 9.90 Å². The average Bonchev–Trinajstić information content (AvgIpc) is 2.08. The van der Waals surface area contributed by atoms with Gasteiger partial charge in [0.15, 0.2) is 0 Å². The van der Waals surface area contributed by atoms with E-state index in [-0.39, 0.29) is 12.3 Å². The van der Waals surface area contributed by atoms with Crippen LogP contribution in [0, 0.1) is 0 Å². The van der Waals surface area contributed by atoms with Crippen molar-refractivity contribution in [3.63, 3.8) is 0 Å². The van der Waals surface area contributed by atoms with Crippen LogP contribution in [0.15, 0.2) is 18.2 Å². The third kappa shape index (κ3) is 2.89. The molecule has 1 atom stereocenters. The summed E-state index contributed by atoms with van der Waals surface area (Å²) in [4.78, 5) is 10.5. The largest absolute Gasteiger partial charge is 0.481 e. The van der Waals surface area contributed by atoms with E-state index < -0.39 is 5.97 Å². The summed E-state index contributed by atoms with van der Waals surface area (Å²) in [6.07, 6.45) is 0.0556. The summed E-state index contributed by atoms with van der Waals surface area (Å²) in [7, 11) is 0. The van der Waals surface area contributed by atoms with Crippen molar-refractivity contribution in [2.75, 3.05) is 0 Å². The molecule has 1 aromatic rings. The number of carbonyl (C=O) groups is 1. The van der Waals surface area contributed by atoms with Gasteiger partial charge in [-0.05, 0) is 29.7 Å². The highest BCUT2D eigenvalue weighted by molar-refractivity contribution is 6.33. The molecule has 1 N–H and O–H groups in total. The molecule has 1 aromatic carbocycles. The molecule has 76 valence electrons. The van der Waals surface area contributed by atoms with Gasteiger partial charge in [0.1, 0.15) is 0 Å². The Hall–Kier alpha value is -0.730. The molecule has 0 saturated carbocycles. The molecule has 2 nitrogen and oxygen atoms in total. The van der Waals surface area contributed by atoms with Crippen molar-refractivity contribution in [3.05, 3.63) is 33.8 Å². The van der Waals surface area contributed by atoms with Crippen LogP contribution in [0.25, 0.3) is 0 Å². The van der Waals surface area contributed by atoms with Gasteiger partial charge in [0.05, 0.1) is 6.42 Å². The minimum absolute atomic E-state index is 0.0556. The first-order chi connectivity index (χ1) is 6.50. The third-order valence-corrected chi connectivity index (χ3v) is 2.55. The van der Waals surface area contributed by atoms with E-state index in [9.17, 15) is 4.79 Å². The fraction of sp³-hybridized carbons (Fsp3) is 0.300. The highest BCUT2D eigenvalue weighted by Gasteiger charge is 2.13. The number of carboxylic acid groups (broad SMARTS) is 1. The van der Waals surface area contributed by atoms with Crippen LogP contribution in [-0.4, -0.2) is 11.1 Å². The standard InChI is InChI=1S/C10H10Cl2O2/c1-6(4-10(13)14)8-5-7(11)2-3-9(8)12/h2-3,5-6H,4H2,1H3,(H,13,14). The van der Waals surface area contributed by atoms with Crippen molar-refractivity contribution in [1.29, 1.82) is 0 Å². The number of aliphatic carboxylic acids is 1. The summed E-state index contributed by atoms with van der Waals surface area (Å²) >= 11 is 11.7. The molecule has 0 saturated heterocycles. The van der Waals surface area contributed by atoms with Gasteiger partial charge in [-0.3, -0.25) is 4.79 Å². The predicted molar refractivity (Wildman–Crippen MR) is 57.1 cm³/mol. The number of halogens is 2. The van der Waals surface area contributed by atoms with E-state index in [1.807, 2.05) is 6.92 Å². The molecular weight excluding hydrogens is 223 g/mol. The lowest BCUT2D eigenvalue weighted by Crippen LogP contribution is -2.03. The average molecular weight is 233 g/mol. The lowest BCUT2D eigenvalue weighted by molar-refractivity contribution is -0.137. The molecule has 0 bridgehead atoms. The fourth-order valence-electron chi connectivity index (χ4n) is 1.26. The van der Waals surface area contributed by atoms with Crippen LogP contribution in [0.2, 0.25) is 10.0 Å². The maximum absolute atomic E-state index is 10.5. The fourth-order valence-corrected chi connectivity index (χ4v) is 1.75. The van der Waals surface area contributed by atoms with Gasteiger partial charge >= 0.3 is 5.97 Å². The van der Waals surface area contributed by atoms with Crippen molar-refractivity contribution in [2.24, 2.45) is 0 Å². The second-order valence-corrected chi connectivity index (χ2v) is 4.01. The smallest absolute Gasteiger partial charge is 0.303 e. The number of carboxylic acids is 1. The molecule has 0 fully saturated rings. The van der Waals surface area contributed by atoms with Crippen LogP contribution in [0.4, 0.5) is 0 Å². The summed E-state index contributed by atoms with van der Waals surface area (Å²) in [5, 5.41) is 9.76. The SMILES string of the molecule is CC(CC(=O)O)c1cc(Cl)ccc1Cl. The van der Waals surface area contributed by atoms with Crippen molar-refractivity contribution in [3.8, 4) is 0 Å². The number of rotatable bonds is 3. The van der Waals surface area contributed by atoms with Crippen molar-refractivity contribution >= 4 is 29.2 Å². The lowest BCUT2D eigenvalue weighted by Gasteiger charge is -2.11. The van der Waals surface area contributed by atoms with Gasteiger partial charge in [-0.25, -0.2) is 0 Å². The van der Waals surface area contributed by atoms with Crippen LogP contribution in [0.1, 0.15) is 24.8 Å². The second kappa shape index (κ2) is 4.67. The maximum Gasteiger partial charge on any atom is 0.303 e. The quantitative estimate of drug-likeness (QED) is 0.866. The molecule has 14 heavy (non-hydrogen) atoms. The van der Waals surface area contributed by atoms with Crippen LogP contribution in [0.5, 0.6) is 0 Å². The zero-order chi connectivity index (χ0) is 10.7.